The number of esters is 1. The zero-order valence-corrected chi connectivity index (χ0v) is 14.8. The van der Waals surface area contributed by atoms with Crippen LogP contribution in [0.25, 0.3) is 0 Å². The number of anilines is 2. The number of nitrogens with one attached hydrogen (secondary N) is 1. The first kappa shape index (κ1) is 18.5. The predicted octanol–water partition coefficient (Wildman–Crippen LogP) is 2.51. The van der Waals surface area contributed by atoms with E-state index in [1.807, 2.05) is 6.07 Å². The van der Waals surface area contributed by atoms with Crippen molar-refractivity contribution in [3.63, 3.8) is 0 Å². The third-order valence-electron chi connectivity index (χ3n) is 2.95. The quantitative estimate of drug-likeness (QED) is 0.400. The topological polar surface area (TPSA) is 108 Å². The lowest BCUT2D eigenvalue weighted by atomic mass is 10.2. The van der Waals surface area contributed by atoms with Gasteiger partial charge >= 0.3 is 5.97 Å². The second-order valence-electron chi connectivity index (χ2n) is 4.76. The second kappa shape index (κ2) is 9.48. The van der Waals surface area contributed by atoms with E-state index in [-0.39, 0.29) is 19.0 Å². The van der Waals surface area contributed by atoms with Crippen molar-refractivity contribution in [2.75, 3.05) is 31.5 Å². The molecule has 0 unspecified atom stereocenters. The summed E-state index contributed by atoms with van der Waals surface area (Å²) in [4.78, 5) is 15.4. The predicted molar refractivity (Wildman–Crippen MR) is 97.5 cm³/mol. The molecule has 0 aliphatic carbocycles. The van der Waals surface area contributed by atoms with Crippen LogP contribution in [0.3, 0.4) is 0 Å². The molecule has 0 atom stereocenters. The highest BCUT2D eigenvalue weighted by atomic mass is 32.1. The fraction of sp³-hybridized carbons (Fsp3) is 0.312. The molecule has 0 aliphatic rings. The van der Waals surface area contributed by atoms with E-state index in [9.17, 15) is 4.79 Å². The summed E-state index contributed by atoms with van der Waals surface area (Å²) in [5.74, 6) is 1.24. The van der Waals surface area contributed by atoms with Crippen LogP contribution in [0, 0.1) is 0 Å². The Balaban J connectivity index is 1.96. The summed E-state index contributed by atoms with van der Waals surface area (Å²) in [6, 6.07) is 5.37. The molecule has 9 heteroatoms. The molecule has 2 rings (SSSR count). The number of nitrogen functional groups attached to an aromatic ring is 1. The lowest BCUT2D eigenvalue weighted by Crippen LogP contribution is -2.10. The first-order valence-corrected chi connectivity index (χ1v) is 8.47. The summed E-state index contributed by atoms with van der Waals surface area (Å²) < 4.78 is 15.7. The van der Waals surface area contributed by atoms with Crippen LogP contribution in [0.2, 0.25) is 0 Å². The van der Waals surface area contributed by atoms with Gasteiger partial charge in [0.2, 0.25) is 5.13 Å². The molecule has 0 radical (unpaired) electrons. The van der Waals surface area contributed by atoms with Crippen LogP contribution in [0.4, 0.5) is 10.9 Å². The first-order valence-electron chi connectivity index (χ1n) is 7.59. The van der Waals surface area contributed by atoms with E-state index in [2.05, 4.69) is 15.5 Å². The van der Waals surface area contributed by atoms with Crippen molar-refractivity contribution in [1.29, 1.82) is 0 Å². The average molecular weight is 364 g/mol. The number of carbonyl (C=O) groups is 1. The van der Waals surface area contributed by atoms with Gasteiger partial charge in [0.15, 0.2) is 11.5 Å². The minimum Gasteiger partial charge on any atom is -0.493 e. The third kappa shape index (κ3) is 5.96. The molecule has 8 nitrogen and oxygen atoms in total. The van der Waals surface area contributed by atoms with Gasteiger partial charge in [0.25, 0.3) is 0 Å². The lowest BCUT2D eigenvalue weighted by molar-refractivity contribution is -0.143. The molecule has 0 amide bonds. The number of methoxy groups -OCH3 is 1. The number of hydrogen-bond acceptors (Lipinski definition) is 9. The number of aromatic nitrogens is 1. The Morgan fingerprint density at radius 3 is 2.96 bits per heavy atom. The Morgan fingerprint density at radius 1 is 1.44 bits per heavy atom. The van der Waals surface area contributed by atoms with Crippen molar-refractivity contribution in [3.05, 3.63) is 29.1 Å². The fourth-order valence-electron chi connectivity index (χ4n) is 1.86. The number of hydrazone groups is 1. The third-order valence-corrected chi connectivity index (χ3v) is 3.72. The van der Waals surface area contributed by atoms with Gasteiger partial charge in [-0.15, -0.1) is 11.3 Å². The van der Waals surface area contributed by atoms with Crippen molar-refractivity contribution in [1.82, 2.24) is 4.98 Å². The van der Waals surface area contributed by atoms with Gasteiger partial charge in [0.05, 0.1) is 33.0 Å². The van der Waals surface area contributed by atoms with Crippen LogP contribution in [-0.2, 0) is 9.53 Å². The number of hydrogen-bond donors (Lipinski definition) is 2. The molecule has 2 aromatic rings. The summed E-state index contributed by atoms with van der Waals surface area (Å²) >= 11 is 1.36. The van der Waals surface area contributed by atoms with Gasteiger partial charge in [0, 0.05) is 5.38 Å². The molecule has 134 valence electrons. The molecular formula is C16H20N4O4S. The first-order chi connectivity index (χ1) is 12.1. The number of rotatable bonds is 9. The molecule has 25 heavy (non-hydrogen) atoms. The van der Waals surface area contributed by atoms with E-state index in [1.165, 1.54) is 11.3 Å². The van der Waals surface area contributed by atoms with Crippen molar-refractivity contribution < 1.29 is 19.0 Å². The van der Waals surface area contributed by atoms with E-state index in [1.54, 1.807) is 37.8 Å². The number of carbonyl (C=O) groups excluding carboxylic acids is 1. The van der Waals surface area contributed by atoms with Crippen molar-refractivity contribution in [3.8, 4) is 11.5 Å². The highest BCUT2D eigenvalue weighted by Crippen LogP contribution is 2.27. The molecular weight excluding hydrogens is 344 g/mol. The molecule has 3 N–H and O–H groups in total. The second-order valence-corrected chi connectivity index (χ2v) is 5.62. The van der Waals surface area contributed by atoms with Crippen molar-refractivity contribution in [2.24, 2.45) is 5.10 Å². The fourth-order valence-corrected chi connectivity index (χ4v) is 2.41. The van der Waals surface area contributed by atoms with E-state index in [4.69, 9.17) is 19.9 Å². The van der Waals surface area contributed by atoms with Crippen LogP contribution in [0.1, 0.15) is 18.9 Å². The van der Waals surface area contributed by atoms with Crippen LogP contribution in [-0.4, -0.2) is 37.5 Å². The van der Waals surface area contributed by atoms with Gasteiger partial charge in [-0.05, 0) is 30.7 Å². The Labute approximate surface area is 149 Å². The molecule has 1 aromatic heterocycles. The Kier molecular flexibility index (Phi) is 7.02. The molecule has 1 heterocycles. The Hall–Kier alpha value is -2.81. The molecule has 0 saturated heterocycles. The van der Waals surface area contributed by atoms with Crippen LogP contribution >= 0.6 is 11.3 Å². The summed E-state index contributed by atoms with van der Waals surface area (Å²) in [6.07, 6.45) is 1.79. The summed E-state index contributed by atoms with van der Waals surface area (Å²) in [7, 11) is 1.55. The maximum atomic E-state index is 11.4. The number of thiazole rings is 1. The normalized spacial score (nSPS) is 10.6. The number of nitrogens with zero attached hydrogens (tertiary/aromatic N) is 2. The van der Waals surface area contributed by atoms with E-state index in [0.717, 1.165) is 5.56 Å². The molecule has 0 bridgehead atoms. The zero-order valence-electron chi connectivity index (χ0n) is 14.0. The van der Waals surface area contributed by atoms with Crippen molar-refractivity contribution >= 4 is 34.5 Å². The molecule has 0 aliphatic heterocycles. The number of ether oxygens (including phenoxy) is 3. The zero-order chi connectivity index (χ0) is 18.1. The molecule has 0 saturated carbocycles. The van der Waals surface area contributed by atoms with Gasteiger partial charge < -0.3 is 19.9 Å². The SMILES string of the molecule is CCOC(=O)CCOc1cc(C=NNc2nc(N)cs2)ccc1OC. The number of benzene rings is 1. The van der Waals surface area contributed by atoms with Crippen LogP contribution < -0.4 is 20.6 Å². The summed E-state index contributed by atoms with van der Waals surface area (Å²) in [5, 5.41) is 6.43. The Morgan fingerprint density at radius 2 is 2.28 bits per heavy atom. The Bertz CT molecular complexity index is 733. The lowest BCUT2D eigenvalue weighted by Gasteiger charge is -2.11. The maximum absolute atomic E-state index is 11.4. The highest BCUT2D eigenvalue weighted by Gasteiger charge is 2.07. The smallest absolute Gasteiger partial charge is 0.309 e. The van der Waals surface area contributed by atoms with Crippen LogP contribution in [0.5, 0.6) is 11.5 Å². The molecule has 0 spiro atoms. The minimum atomic E-state index is -0.300. The summed E-state index contributed by atoms with van der Waals surface area (Å²) in [6.45, 7) is 2.32. The maximum Gasteiger partial charge on any atom is 0.309 e. The monoisotopic (exact) mass is 364 g/mol. The molecule has 0 fully saturated rings. The summed E-state index contributed by atoms with van der Waals surface area (Å²) in [5.41, 5.74) is 9.14. The average Bonchev–Trinajstić information content (AvgIpc) is 3.01. The van der Waals surface area contributed by atoms with Gasteiger partial charge in [-0.25, -0.2) is 4.98 Å². The van der Waals surface area contributed by atoms with Gasteiger partial charge in [-0.3, -0.25) is 10.2 Å². The van der Waals surface area contributed by atoms with Gasteiger partial charge in [0.1, 0.15) is 5.82 Å². The highest BCUT2D eigenvalue weighted by molar-refractivity contribution is 7.14. The van der Waals surface area contributed by atoms with E-state index < -0.39 is 0 Å². The molecule has 1 aromatic carbocycles. The van der Waals surface area contributed by atoms with E-state index >= 15 is 0 Å². The van der Waals surface area contributed by atoms with E-state index in [0.29, 0.717) is 29.1 Å². The van der Waals surface area contributed by atoms with Crippen LogP contribution in [0.15, 0.2) is 28.7 Å². The standard InChI is InChI=1S/C16H20N4O4S/c1-3-23-15(21)6-7-24-13-8-11(4-5-12(13)22-2)9-18-20-16-19-14(17)10-25-16/h4-5,8-10H,3,6-7,17H2,1-2H3,(H,19,20). The largest absolute Gasteiger partial charge is 0.493 e. The van der Waals surface area contributed by atoms with Gasteiger partial charge in [-0.2, -0.15) is 5.10 Å². The van der Waals surface area contributed by atoms with Crippen molar-refractivity contribution in [2.45, 2.75) is 13.3 Å². The number of nitrogens with two attached hydrogens (primary N) is 1. The minimum absolute atomic E-state index is 0.169. The van der Waals surface area contributed by atoms with Gasteiger partial charge in [-0.1, -0.05) is 0 Å².